The molecule has 0 radical (unpaired) electrons. The van der Waals surface area contributed by atoms with E-state index in [4.69, 9.17) is 0 Å². The van der Waals surface area contributed by atoms with Crippen molar-refractivity contribution < 1.29 is 18.0 Å². The summed E-state index contributed by atoms with van der Waals surface area (Å²) in [7, 11) is 1.53. The van der Waals surface area contributed by atoms with E-state index in [9.17, 15) is 18.0 Å². The van der Waals surface area contributed by atoms with Crippen LogP contribution >= 0.6 is 0 Å². The Morgan fingerprint density at radius 1 is 1.38 bits per heavy atom. The lowest BCUT2D eigenvalue weighted by Gasteiger charge is -2.22. The summed E-state index contributed by atoms with van der Waals surface area (Å²) in [4.78, 5) is 11.8. The summed E-state index contributed by atoms with van der Waals surface area (Å²) in [5.41, 5.74) is -0.0746. The van der Waals surface area contributed by atoms with Gasteiger partial charge in [0, 0.05) is 24.8 Å². The maximum absolute atomic E-state index is 13.1. The highest BCUT2D eigenvalue weighted by molar-refractivity contribution is 5.75. The molecule has 2 aliphatic rings. The van der Waals surface area contributed by atoms with Crippen LogP contribution in [0.2, 0.25) is 0 Å². The van der Waals surface area contributed by atoms with E-state index >= 15 is 0 Å². The Morgan fingerprint density at radius 2 is 2.05 bits per heavy atom. The van der Waals surface area contributed by atoms with Crippen LogP contribution in [0, 0.1) is 11.8 Å². The summed E-state index contributed by atoms with van der Waals surface area (Å²) in [5, 5.41) is 8.38. The minimum absolute atomic E-state index is 0.00321. The number of carbonyl (C=O) groups is 1. The molecule has 21 heavy (non-hydrogen) atoms. The van der Waals surface area contributed by atoms with Crippen molar-refractivity contribution in [2.45, 2.75) is 37.5 Å². The summed E-state index contributed by atoms with van der Waals surface area (Å²) >= 11 is 0. The molecule has 8 heteroatoms. The molecule has 2 saturated carbocycles. The smallest absolute Gasteiger partial charge is 0.335 e. The molecule has 3 unspecified atom stereocenters. The minimum Gasteiger partial charge on any atom is -0.335 e. The summed E-state index contributed by atoms with van der Waals surface area (Å²) in [6.45, 7) is 0. The Labute approximate surface area is 119 Å². The van der Waals surface area contributed by atoms with Crippen LogP contribution in [0.3, 0.4) is 0 Å². The van der Waals surface area contributed by atoms with Crippen LogP contribution in [0.1, 0.15) is 30.9 Å². The van der Waals surface area contributed by atoms with Gasteiger partial charge < -0.3 is 10.6 Å². The number of amides is 2. The standard InChI is InChI=1S/C13H17F3N4O/c1-20-6-9(5-17-20)11(13(14,15)16)19-12(21)18-10-3-7-2-8(7)4-10/h5-8,10-11H,2-4H2,1H3,(H2,18,19,21). The predicted octanol–water partition coefficient (Wildman–Crippen LogP) is 2.12. The van der Waals surface area contributed by atoms with E-state index in [0.29, 0.717) is 11.8 Å². The Bertz CT molecular complexity index is 532. The van der Waals surface area contributed by atoms with Gasteiger partial charge in [-0.25, -0.2) is 4.79 Å². The first-order valence-electron chi connectivity index (χ1n) is 6.95. The Kier molecular flexibility index (Phi) is 3.33. The van der Waals surface area contributed by atoms with Gasteiger partial charge >= 0.3 is 12.2 Å². The van der Waals surface area contributed by atoms with E-state index in [2.05, 4.69) is 10.4 Å². The van der Waals surface area contributed by atoms with Crippen molar-refractivity contribution in [2.75, 3.05) is 0 Å². The van der Waals surface area contributed by atoms with Gasteiger partial charge in [0.25, 0.3) is 0 Å². The monoisotopic (exact) mass is 302 g/mol. The normalized spacial score (nSPS) is 28.9. The lowest BCUT2D eigenvalue weighted by molar-refractivity contribution is -0.155. The topological polar surface area (TPSA) is 59.0 Å². The molecule has 2 aliphatic carbocycles. The van der Waals surface area contributed by atoms with Gasteiger partial charge in [-0.1, -0.05) is 0 Å². The molecule has 2 fully saturated rings. The van der Waals surface area contributed by atoms with Crippen molar-refractivity contribution in [2.24, 2.45) is 18.9 Å². The molecule has 0 spiro atoms. The Morgan fingerprint density at radius 3 is 2.57 bits per heavy atom. The maximum Gasteiger partial charge on any atom is 0.413 e. The first-order chi connectivity index (χ1) is 9.83. The van der Waals surface area contributed by atoms with Gasteiger partial charge in [0.2, 0.25) is 0 Å². The fraction of sp³-hybridized carbons (Fsp3) is 0.692. The number of rotatable bonds is 3. The highest BCUT2D eigenvalue weighted by Gasteiger charge is 2.47. The first-order valence-corrected chi connectivity index (χ1v) is 6.95. The number of fused-ring (bicyclic) bond motifs is 1. The molecule has 0 saturated heterocycles. The second kappa shape index (κ2) is 4.92. The molecule has 2 N–H and O–H groups in total. The molecule has 1 heterocycles. The van der Waals surface area contributed by atoms with E-state index in [1.165, 1.54) is 24.3 Å². The lowest BCUT2D eigenvalue weighted by atomic mass is 10.1. The molecule has 3 rings (SSSR count). The Hall–Kier alpha value is -1.73. The largest absolute Gasteiger partial charge is 0.413 e. The molecule has 0 aliphatic heterocycles. The minimum atomic E-state index is -4.56. The van der Waals surface area contributed by atoms with Gasteiger partial charge in [-0.05, 0) is 31.1 Å². The van der Waals surface area contributed by atoms with Crippen molar-refractivity contribution in [3.05, 3.63) is 18.0 Å². The van der Waals surface area contributed by atoms with Crippen molar-refractivity contribution >= 4 is 6.03 Å². The van der Waals surface area contributed by atoms with Gasteiger partial charge in [-0.3, -0.25) is 4.68 Å². The number of hydrogen-bond acceptors (Lipinski definition) is 2. The van der Waals surface area contributed by atoms with Gasteiger partial charge in [0.15, 0.2) is 6.04 Å². The number of halogens is 3. The molecule has 2 amide bonds. The number of aromatic nitrogens is 2. The first kappa shape index (κ1) is 14.2. The number of alkyl halides is 3. The second-order valence-electron chi connectivity index (χ2n) is 5.96. The van der Waals surface area contributed by atoms with Crippen molar-refractivity contribution in [3.63, 3.8) is 0 Å². The van der Waals surface area contributed by atoms with Crippen LogP contribution < -0.4 is 10.6 Å². The van der Waals surface area contributed by atoms with Gasteiger partial charge in [-0.15, -0.1) is 0 Å². The van der Waals surface area contributed by atoms with Crippen LogP contribution in [0.15, 0.2) is 12.4 Å². The third kappa shape index (κ3) is 3.14. The highest BCUT2D eigenvalue weighted by Crippen LogP contribution is 2.51. The fourth-order valence-corrected chi connectivity index (χ4v) is 3.13. The molecule has 1 aromatic heterocycles. The van der Waals surface area contributed by atoms with E-state index in [-0.39, 0.29) is 11.6 Å². The molecular weight excluding hydrogens is 285 g/mol. The maximum atomic E-state index is 13.1. The van der Waals surface area contributed by atoms with E-state index in [1.54, 1.807) is 0 Å². The SMILES string of the molecule is Cn1cc(C(NC(=O)NC2CC3CC3C2)C(F)(F)F)cn1. The van der Waals surface area contributed by atoms with E-state index in [0.717, 1.165) is 19.0 Å². The Balaban J connectivity index is 1.62. The van der Waals surface area contributed by atoms with Crippen molar-refractivity contribution in [3.8, 4) is 0 Å². The van der Waals surface area contributed by atoms with Crippen LogP contribution in [0.5, 0.6) is 0 Å². The second-order valence-corrected chi connectivity index (χ2v) is 5.96. The van der Waals surface area contributed by atoms with Gasteiger partial charge in [0.05, 0.1) is 6.20 Å². The van der Waals surface area contributed by atoms with Gasteiger partial charge in [0.1, 0.15) is 0 Å². The average molecular weight is 302 g/mol. The zero-order chi connectivity index (χ0) is 15.2. The number of nitrogens with one attached hydrogen (secondary N) is 2. The third-order valence-corrected chi connectivity index (χ3v) is 4.24. The van der Waals surface area contributed by atoms with Crippen LogP contribution in [0.4, 0.5) is 18.0 Å². The summed E-state index contributed by atoms with van der Waals surface area (Å²) in [6, 6.07) is -2.81. The lowest BCUT2D eigenvalue weighted by Crippen LogP contribution is -2.46. The van der Waals surface area contributed by atoms with E-state index < -0.39 is 18.2 Å². The average Bonchev–Trinajstić information content (AvgIpc) is 2.79. The molecule has 0 bridgehead atoms. The summed E-state index contributed by atoms with van der Waals surface area (Å²) in [5.74, 6) is 1.32. The fourth-order valence-electron chi connectivity index (χ4n) is 3.13. The summed E-state index contributed by atoms with van der Waals surface area (Å²) < 4.78 is 40.5. The van der Waals surface area contributed by atoms with Crippen molar-refractivity contribution in [1.82, 2.24) is 20.4 Å². The number of carbonyl (C=O) groups excluding carboxylic acids is 1. The highest BCUT2D eigenvalue weighted by atomic mass is 19.4. The molecule has 5 nitrogen and oxygen atoms in total. The molecular formula is C13H17F3N4O. The van der Waals surface area contributed by atoms with Crippen LogP contribution in [-0.4, -0.2) is 28.0 Å². The van der Waals surface area contributed by atoms with Gasteiger partial charge in [-0.2, -0.15) is 18.3 Å². The third-order valence-electron chi connectivity index (χ3n) is 4.24. The molecule has 0 aromatic carbocycles. The quantitative estimate of drug-likeness (QED) is 0.898. The summed E-state index contributed by atoms with van der Waals surface area (Å²) in [6.07, 6.45) is 0.758. The molecule has 116 valence electrons. The molecule has 1 aromatic rings. The number of urea groups is 1. The number of nitrogens with zero attached hydrogens (tertiary/aromatic N) is 2. The van der Waals surface area contributed by atoms with Crippen LogP contribution in [-0.2, 0) is 7.05 Å². The van der Waals surface area contributed by atoms with Crippen LogP contribution in [0.25, 0.3) is 0 Å². The number of hydrogen-bond donors (Lipinski definition) is 2. The van der Waals surface area contributed by atoms with Crippen molar-refractivity contribution in [1.29, 1.82) is 0 Å². The zero-order valence-electron chi connectivity index (χ0n) is 11.5. The zero-order valence-corrected chi connectivity index (χ0v) is 11.5. The molecule has 3 atom stereocenters. The predicted molar refractivity (Wildman–Crippen MR) is 68.3 cm³/mol. The number of aryl methyl sites for hydroxylation is 1. The van der Waals surface area contributed by atoms with E-state index in [1.807, 2.05) is 5.32 Å².